The Morgan fingerprint density at radius 1 is 1.20 bits per heavy atom. The molecule has 6 heteroatoms. The summed E-state index contributed by atoms with van der Waals surface area (Å²) in [6, 6.07) is 12.3. The number of fused-ring (bicyclic) bond motifs is 3. The molecule has 1 N–H and O–H groups in total. The zero-order valence-electron chi connectivity index (χ0n) is 14.0. The monoisotopic (exact) mass is 351 g/mol. The number of rotatable bonds is 4. The van der Waals surface area contributed by atoms with E-state index in [-0.39, 0.29) is 5.91 Å². The predicted octanol–water partition coefficient (Wildman–Crippen LogP) is 4.63. The molecule has 0 bridgehead atoms. The van der Waals surface area contributed by atoms with E-state index >= 15 is 0 Å². The van der Waals surface area contributed by atoms with Crippen molar-refractivity contribution >= 4 is 43.4 Å². The van der Waals surface area contributed by atoms with E-state index in [0.717, 1.165) is 38.0 Å². The molecule has 0 unspecified atom stereocenters. The van der Waals surface area contributed by atoms with Crippen molar-refractivity contribution in [2.75, 3.05) is 5.32 Å². The Hall–Kier alpha value is -2.73. The second kappa shape index (κ2) is 6.29. The Morgan fingerprint density at radius 2 is 2.04 bits per heavy atom. The molecule has 0 saturated carbocycles. The molecule has 2 heterocycles. The van der Waals surface area contributed by atoms with E-state index in [1.54, 1.807) is 0 Å². The van der Waals surface area contributed by atoms with E-state index in [0.29, 0.717) is 18.0 Å². The fourth-order valence-corrected chi connectivity index (χ4v) is 3.89. The predicted molar refractivity (Wildman–Crippen MR) is 100 cm³/mol. The number of nitrogens with zero attached hydrogens (tertiary/aromatic N) is 2. The number of carbonyl (C=O) groups is 1. The van der Waals surface area contributed by atoms with Crippen LogP contribution in [0.2, 0.25) is 0 Å². The molecule has 0 aliphatic heterocycles. The van der Waals surface area contributed by atoms with Gasteiger partial charge in [0.25, 0.3) is 0 Å². The van der Waals surface area contributed by atoms with Crippen LogP contribution in [0.4, 0.5) is 5.13 Å². The molecule has 25 heavy (non-hydrogen) atoms. The largest absolute Gasteiger partial charge is 0.361 e. The number of anilines is 1. The highest BCUT2D eigenvalue weighted by Gasteiger charge is 2.13. The van der Waals surface area contributed by atoms with Crippen LogP contribution in [0.3, 0.4) is 0 Å². The molecule has 0 saturated heterocycles. The fourth-order valence-electron chi connectivity index (χ4n) is 2.99. The molecule has 0 spiro atoms. The smallest absolute Gasteiger partial charge is 0.226 e. The van der Waals surface area contributed by atoms with Crippen LogP contribution in [-0.4, -0.2) is 16.0 Å². The second-order valence-electron chi connectivity index (χ2n) is 6.00. The molecule has 126 valence electrons. The summed E-state index contributed by atoms with van der Waals surface area (Å²) in [7, 11) is 0. The van der Waals surface area contributed by atoms with Gasteiger partial charge < -0.3 is 9.84 Å². The van der Waals surface area contributed by atoms with Crippen LogP contribution in [0.25, 0.3) is 21.0 Å². The highest BCUT2D eigenvalue weighted by Crippen LogP contribution is 2.31. The lowest BCUT2D eigenvalue weighted by molar-refractivity contribution is -0.116. The molecule has 1 amide bonds. The van der Waals surface area contributed by atoms with Gasteiger partial charge in [-0.1, -0.05) is 46.8 Å². The first-order chi connectivity index (χ1) is 12.1. The van der Waals surface area contributed by atoms with E-state index in [2.05, 4.69) is 39.7 Å². The average molecular weight is 351 g/mol. The maximum absolute atomic E-state index is 12.3. The number of hydrogen-bond acceptors (Lipinski definition) is 5. The van der Waals surface area contributed by atoms with E-state index in [1.807, 2.05) is 26.0 Å². The number of benzene rings is 2. The Bertz CT molecular complexity index is 1060. The molecule has 0 atom stereocenters. The molecule has 2 aromatic carbocycles. The molecule has 0 aliphatic carbocycles. The molecule has 2 aromatic heterocycles. The van der Waals surface area contributed by atoms with Gasteiger partial charge in [-0.2, -0.15) is 0 Å². The van der Waals surface area contributed by atoms with Gasteiger partial charge >= 0.3 is 0 Å². The molecular formula is C19H17N3O2S. The second-order valence-corrected chi connectivity index (χ2v) is 7.03. The normalized spacial score (nSPS) is 11.3. The number of thiazole rings is 1. The van der Waals surface area contributed by atoms with Crippen LogP contribution in [0.1, 0.15) is 23.4 Å². The van der Waals surface area contributed by atoms with Gasteiger partial charge in [0.1, 0.15) is 5.76 Å². The van der Waals surface area contributed by atoms with Gasteiger partial charge in [0, 0.05) is 17.4 Å². The lowest BCUT2D eigenvalue weighted by atomic mass is 10.1. The first kappa shape index (κ1) is 15.8. The zero-order chi connectivity index (χ0) is 17.4. The van der Waals surface area contributed by atoms with Crippen LogP contribution in [-0.2, 0) is 11.2 Å². The van der Waals surface area contributed by atoms with E-state index in [4.69, 9.17) is 4.52 Å². The van der Waals surface area contributed by atoms with Crippen molar-refractivity contribution in [1.29, 1.82) is 0 Å². The van der Waals surface area contributed by atoms with Crippen LogP contribution >= 0.6 is 11.3 Å². The van der Waals surface area contributed by atoms with Crippen molar-refractivity contribution in [1.82, 2.24) is 10.1 Å². The number of carbonyl (C=O) groups excluding carboxylic acids is 1. The quantitative estimate of drug-likeness (QED) is 0.582. The SMILES string of the molecule is Cc1noc(C)c1CCC(=O)Nc1nc2c(ccc3ccccc32)s1. The van der Waals surface area contributed by atoms with Gasteiger partial charge in [0.15, 0.2) is 5.13 Å². The van der Waals surface area contributed by atoms with Crippen molar-refractivity contribution in [3.05, 3.63) is 53.4 Å². The average Bonchev–Trinajstić information content (AvgIpc) is 3.16. The minimum Gasteiger partial charge on any atom is -0.361 e. The molecule has 0 fully saturated rings. The first-order valence-corrected chi connectivity index (χ1v) is 8.93. The summed E-state index contributed by atoms with van der Waals surface area (Å²) in [6.45, 7) is 3.76. The van der Waals surface area contributed by atoms with Crippen LogP contribution < -0.4 is 5.32 Å². The molecule has 4 rings (SSSR count). The number of amides is 1. The van der Waals surface area contributed by atoms with Crippen molar-refractivity contribution in [3.8, 4) is 0 Å². The maximum Gasteiger partial charge on any atom is 0.226 e. The van der Waals surface area contributed by atoms with Crippen molar-refractivity contribution in [3.63, 3.8) is 0 Å². The Labute approximate surface area is 148 Å². The maximum atomic E-state index is 12.3. The number of aryl methyl sites for hydroxylation is 2. The minimum absolute atomic E-state index is 0.0524. The van der Waals surface area contributed by atoms with Gasteiger partial charge in [-0.05, 0) is 31.7 Å². The summed E-state index contributed by atoms with van der Waals surface area (Å²) in [5.74, 6) is 0.722. The summed E-state index contributed by atoms with van der Waals surface area (Å²) >= 11 is 1.50. The van der Waals surface area contributed by atoms with E-state index < -0.39 is 0 Å². The Kier molecular flexibility index (Phi) is 3.97. The van der Waals surface area contributed by atoms with Gasteiger partial charge in [-0.15, -0.1) is 0 Å². The van der Waals surface area contributed by atoms with Gasteiger partial charge in [-0.25, -0.2) is 4.98 Å². The third-order valence-corrected chi connectivity index (χ3v) is 5.25. The van der Waals surface area contributed by atoms with Crippen LogP contribution in [0.15, 0.2) is 40.9 Å². The topological polar surface area (TPSA) is 68.0 Å². The molecule has 0 radical (unpaired) electrons. The van der Waals surface area contributed by atoms with E-state index in [1.165, 1.54) is 11.3 Å². The molecule has 5 nitrogen and oxygen atoms in total. The summed E-state index contributed by atoms with van der Waals surface area (Å²) in [6.07, 6.45) is 0.986. The van der Waals surface area contributed by atoms with Crippen LogP contribution in [0.5, 0.6) is 0 Å². The Morgan fingerprint density at radius 3 is 2.84 bits per heavy atom. The molecular weight excluding hydrogens is 334 g/mol. The van der Waals surface area contributed by atoms with Crippen LogP contribution in [0, 0.1) is 13.8 Å². The molecule has 4 aromatic rings. The third kappa shape index (κ3) is 3.00. The van der Waals surface area contributed by atoms with Crippen molar-refractivity contribution in [2.45, 2.75) is 26.7 Å². The number of hydrogen-bond donors (Lipinski definition) is 1. The summed E-state index contributed by atoms with van der Waals surface area (Å²) in [4.78, 5) is 16.9. The lowest BCUT2D eigenvalue weighted by Gasteiger charge is -2.01. The van der Waals surface area contributed by atoms with Crippen molar-refractivity contribution in [2.24, 2.45) is 0 Å². The van der Waals surface area contributed by atoms with Gasteiger partial charge in [0.2, 0.25) is 5.91 Å². The standard InChI is InChI=1S/C19H17N3O2S/c1-11-14(12(2)24-22-11)8-10-17(23)20-19-21-18-15-6-4-3-5-13(15)7-9-16(18)25-19/h3-7,9H,8,10H2,1-2H3,(H,20,21,23). The highest BCUT2D eigenvalue weighted by molar-refractivity contribution is 7.22. The minimum atomic E-state index is -0.0524. The summed E-state index contributed by atoms with van der Waals surface area (Å²) in [5, 5.41) is 9.72. The fraction of sp³-hybridized carbons (Fsp3) is 0.211. The lowest BCUT2D eigenvalue weighted by Crippen LogP contribution is -2.12. The van der Waals surface area contributed by atoms with E-state index in [9.17, 15) is 4.79 Å². The Balaban J connectivity index is 1.52. The zero-order valence-corrected chi connectivity index (χ0v) is 14.8. The van der Waals surface area contributed by atoms with Gasteiger partial charge in [-0.3, -0.25) is 4.79 Å². The number of aromatic nitrogens is 2. The third-order valence-electron chi connectivity index (χ3n) is 4.31. The summed E-state index contributed by atoms with van der Waals surface area (Å²) < 4.78 is 6.20. The summed E-state index contributed by atoms with van der Waals surface area (Å²) in [5.41, 5.74) is 2.78. The first-order valence-electron chi connectivity index (χ1n) is 8.12. The number of nitrogens with one attached hydrogen (secondary N) is 1. The van der Waals surface area contributed by atoms with Crippen molar-refractivity contribution < 1.29 is 9.32 Å². The highest BCUT2D eigenvalue weighted by atomic mass is 32.1. The molecule has 0 aliphatic rings. The van der Waals surface area contributed by atoms with Gasteiger partial charge in [0.05, 0.1) is 15.9 Å².